The van der Waals surface area contributed by atoms with Crippen LogP contribution in [0, 0.1) is 5.92 Å². The van der Waals surface area contributed by atoms with Crippen LogP contribution in [-0.4, -0.2) is 35.2 Å². The number of aliphatic carboxylic acids is 1. The second-order valence-corrected chi connectivity index (χ2v) is 5.39. The summed E-state index contributed by atoms with van der Waals surface area (Å²) in [6, 6.07) is 0. The van der Waals surface area contributed by atoms with Gasteiger partial charge < -0.3 is 15.2 Å². The minimum absolute atomic E-state index is 0.0788. The summed E-state index contributed by atoms with van der Waals surface area (Å²) in [6.07, 6.45) is 2.33. The highest BCUT2D eigenvalue weighted by Crippen LogP contribution is 2.29. The lowest BCUT2D eigenvalue weighted by Gasteiger charge is -2.29. The minimum atomic E-state index is -0.911. The van der Waals surface area contributed by atoms with Gasteiger partial charge in [-0.15, -0.1) is 0 Å². The molecule has 0 aliphatic heterocycles. The minimum Gasteiger partial charge on any atom is -0.481 e. The van der Waals surface area contributed by atoms with E-state index >= 15 is 0 Å². The molecule has 1 fully saturated rings. The van der Waals surface area contributed by atoms with Crippen LogP contribution in [0.4, 0.5) is 0 Å². The molecule has 2 atom stereocenters. The van der Waals surface area contributed by atoms with E-state index in [0.29, 0.717) is 18.9 Å². The third kappa shape index (κ3) is 5.04. The average molecular weight is 257 g/mol. The second-order valence-electron chi connectivity index (χ2n) is 5.39. The molecule has 2 N–H and O–H groups in total. The Morgan fingerprint density at radius 3 is 2.56 bits per heavy atom. The van der Waals surface area contributed by atoms with Crippen molar-refractivity contribution in [2.45, 2.75) is 58.1 Å². The lowest BCUT2D eigenvalue weighted by molar-refractivity contribution is -0.140. The molecule has 0 aromatic carbocycles. The molecule has 1 rings (SSSR count). The molecule has 0 spiro atoms. The number of hydrogen-bond acceptors (Lipinski definition) is 3. The quantitative estimate of drug-likeness (QED) is 0.692. The highest BCUT2D eigenvalue weighted by atomic mass is 16.5. The van der Waals surface area contributed by atoms with Crippen LogP contribution in [0.3, 0.4) is 0 Å². The van der Waals surface area contributed by atoms with Crippen LogP contribution in [0.25, 0.3) is 0 Å². The van der Waals surface area contributed by atoms with Crippen molar-refractivity contribution in [3.63, 3.8) is 0 Å². The van der Waals surface area contributed by atoms with E-state index in [1.807, 2.05) is 6.92 Å². The zero-order chi connectivity index (χ0) is 13.8. The van der Waals surface area contributed by atoms with Gasteiger partial charge in [0.25, 0.3) is 0 Å². The van der Waals surface area contributed by atoms with Crippen molar-refractivity contribution in [3.05, 3.63) is 0 Å². The van der Waals surface area contributed by atoms with Crippen LogP contribution in [0.2, 0.25) is 0 Å². The van der Waals surface area contributed by atoms with E-state index < -0.39 is 17.6 Å². The van der Waals surface area contributed by atoms with Gasteiger partial charge in [0.05, 0.1) is 13.0 Å². The third-order valence-electron chi connectivity index (χ3n) is 3.39. The molecule has 0 aromatic heterocycles. The summed E-state index contributed by atoms with van der Waals surface area (Å²) < 4.78 is 5.46. The van der Waals surface area contributed by atoms with E-state index in [9.17, 15) is 9.59 Å². The molecular weight excluding hydrogens is 234 g/mol. The van der Waals surface area contributed by atoms with Gasteiger partial charge in [-0.3, -0.25) is 9.59 Å². The number of nitrogens with one attached hydrogen (secondary N) is 1. The highest BCUT2D eigenvalue weighted by Gasteiger charge is 2.30. The van der Waals surface area contributed by atoms with Crippen LogP contribution in [0.5, 0.6) is 0 Å². The Bertz CT molecular complexity index is 314. The molecule has 0 radical (unpaired) electrons. The van der Waals surface area contributed by atoms with Crippen molar-refractivity contribution in [2.24, 2.45) is 5.92 Å². The van der Waals surface area contributed by atoms with Crippen LogP contribution in [0.1, 0.15) is 46.5 Å². The molecule has 1 amide bonds. The number of ether oxygens (including phenoxy) is 1. The van der Waals surface area contributed by atoms with Crippen LogP contribution in [0.15, 0.2) is 0 Å². The fourth-order valence-corrected chi connectivity index (χ4v) is 1.63. The lowest BCUT2D eigenvalue weighted by Crippen LogP contribution is -2.50. The Morgan fingerprint density at radius 1 is 1.50 bits per heavy atom. The molecule has 0 unspecified atom stereocenters. The summed E-state index contributed by atoms with van der Waals surface area (Å²) in [5, 5.41) is 11.6. The number of carboxylic acid groups (broad SMARTS) is 1. The van der Waals surface area contributed by atoms with Crippen molar-refractivity contribution in [3.8, 4) is 0 Å². The van der Waals surface area contributed by atoms with Gasteiger partial charge in [-0.1, -0.05) is 6.92 Å². The molecule has 0 bridgehead atoms. The van der Waals surface area contributed by atoms with E-state index in [4.69, 9.17) is 9.84 Å². The van der Waals surface area contributed by atoms with Crippen molar-refractivity contribution >= 4 is 11.9 Å². The number of carbonyl (C=O) groups is 2. The molecule has 1 aliphatic rings. The summed E-state index contributed by atoms with van der Waals surface area (Å²) in [4.78, 5) is 22.7. The number of rotatable bonds is 8. The Kier molecular flexibility index (Phi) is 5.14. The number of carboxylic acids is 1. The fraction of sp³-hybridized carbons (Fsp3) is 0.846. The van der Waals surface area contributed by atoms with Crippen LogP contribution >= 0.6 is 0 Å². The largest absolute Gasteiger partial charge is 0.481 e. The average Bonchev–Trinajstić information content (AvgIpc) is 3.08. The van der Waals surface area contributed by atoms with E-state index in [1.54, 1.807) is 13.8 Å². The van der Waals surface area contributed by atoms with Gasteiger partial charge in [0.1, 0.15) is 6.10 Å². The topological polar surface area (TPSA) is 75.6 Å². The van der Waals surface area contributed by atoms with Crippen molar-refractivity contribution in [1.82, 2.24) is 5.32 Å². The van der Waals surface area contributed by atoms with E-state index in [0.717, 1.165) is 0 Å². The van der Waals surface area contributed by atoms with E-state index in [1.165, 1.54) is 12.8 Å². The maximum Gasteiger partial charge on any atom is 0.305 e. The molecule has 0 aromatic rings. The maximum atomic E-state index is 11.9. The standard InChI is InChI=1S/C13H23NO4/c1-4-13(3,7-11(15)16)14-12(17)9(2)18-8-10-5-6-10/h9-10H,4-8H2,1-3H3,(H,14,17)(H,15,16)/t9-,13-/m1/s1. The first kappa shape index (κ1) is 15.0. The van der Waals surface area contributed by atoms with E-state index in [-0.39, 0.29) is 12.3 Å². The molecular formula is C13H23NO4. The molecule has 0 heterocycles. The van der Waals surface area contributed by atoms with Crippen molar-refractivity contribution in [1.29, 1.82) is 0 Å². The SMILES string of the molecule is CC[C@](C)(CC(=O)O)NC(=O)[C@@H](C)OCC1CC1. The van der Waals surface area contributed by atoms with Gasteiger partial charge in [0, 0.05) is 5.54 Å². The Balaban J connectivity index is 2.41. The fourth-order valence-electron chi connectivity index (χ4n) is 1.63. The number of carbonyl (C=O) groups excluding carboxylic acids is 1. The lowest BCUT2D eigenvalue weighted by atomic mass is 9.94. The van der Waals surface area contributed by atoms with Gasteiger partial charge in [-0.25, -0.2) is 0 Å². The predicted octanol–water partition coefficient (Wildman–Crippen LogP) is 1.56. The summed E-state index contributed by atoms with van der Waals surface area (Å²) in [5.41, 5.74) is -0.708. The van der Waals surface area contributed by atoms with E-state index in [2.05, 4.69) is 5.32 Å². The molecule has 5 heteroatoms. The molecule has 18 heavy (non-hydrogen) atoms. The van der Waals surface area contributed by atoms with Gasteiger partial charge >= 0.3 is 5.97 Å². The summed E-state index contributed by atoms with van der Waals surface area (Å²) in [6.45, 7) is 5.93. The first-order valence-corrected chi connectivity index (χ1v) is 6.51. The molecule has 5 nitrogen and oxygen atoms in total. The van der Waals surface area contributed by atoms with Crippen molar-refractivity contribution in [2.75, 3.05) is 6.61 Å². The van der Waals surface area contributed by atoms with Gasteiger partial charge in [0.2, 0.25) is 5.91 Å². The summed E-state index contributed by atoms with van der Waals surface area (Å²) >= 11 is 0. The molecule has 1 aliphatic carbocycles. The van der Waals surface area contributed by atoms with Crippen LogP contribution < -0.4 is 5.32 Å². The smallest absolute Gasteiger partial charge is 0.305 e. The first-order chi connectivity index (χ1) is 8.36. The normalized spacial score (nSPS) is 19.9. The first-order valence-electron chi connectivity index (χ1n) is 6.51. The number of hydrogen-bond donors (Lipinski definition) is 2. The van der Waals surface area contributed by atoms with Gasteiger partial charge in [0.15, 0.2) is 0 Å². The zero-order valence-corrected chi connectivity index (χ0v) is 11.4. The Hall–Kier alpha value is -1.10. The maximum absolute atomic E-state index is 11.9. The molecule has 104 valence electrons. The van der Waals surface area contributed by atoms with Gasteiger partial charge in [-0.05, 0) is 39.0 Å². The monoisotopic (exact) mass is 257 g/mol. The highest BCUT2D eigenvalue weighted by molar-refractivity contribution is 5.82. The van der Waals surface area contributed by atoms with Gasteiger partial charge in [-0.2, -0.15) is 0 Å². The Morgan fingerprint density at radius 2 is 2.11 bits per heavy atom. The third-order valence-corrected chi connectivity index (χ3v) is 3.39. The zero-order valence-electron chi connectivity index (χ0n) is 11.4. The number of amides is 1. The predicted molar refractivity (Wildman–Crippen MR) is 67.2 cm³/mol. The molecule has 1 saturated carbocycles. The summed E-state index contributed by atoms with van der Waals surface area (Å²) in [7, 11) is 0. The molecule has 0 saturated heterocycles. The summed E-state index contributed by atoms with van der Waals surface area (Å²) in [5.74, 6) is -0.538. The Labute approximate surface area is 108 Å². The van der Waals surface area contributed by atoms with Crippen molar-refractivity contribution < 1.29 is 19.4 Å². The van der Waals surface area contributed by atoms with Crippen LogP contribution in [-0.2, 0) is 14.3 Å². The second kappa shape index (κ2) is 6.18.